The molecule has 0 fully saturated rings. The van der Waals surface area contributed by atoms with E-state index in [2.05, 4.69) is 5.32 Å². The molecule has 0 saturated carbocycles. The van der Waals surface area contributed by atoms with E-state index in [1.54, 1.807) is 20.9 Å². The minimum Gasteiger partial charge on any atom is -0.480 e. The van der Waals surface area contributed by atoms with Gasteiger partial charge in [-0.3, -0.25) is 13.9 Å². The molecule has 1 amide bonds. The van der Waals surface area contributed by atoms with Crippen LogP contribution in [-0.2, 0) is 23.2 Å². The number of fused-ring (bicyclic) bond motifs is 1. The van der Waals surface area contributed by atoms with Gasteiger partial charge < -0.3 is 10.4 Å². The molecular formula is C16H21N3O4. The molecule has 2 rings (SSSR count). The van der Waals surface area contributed by atoms with Crippen LogP contribution in [-0.4, -0.2) is 32.2 Å². The predicted molar refractivity (Wildman–Crippen MR) is 86.2 cm³/mol. The van der Waals surface area contributed by atoms with Crippen molar-refractivity contribution < 1.29 is 14.7 Å². The van der Waals surface area contributed by atoms with Gasteiger partial charge in [-0.05, 0) is 18.1 Å². The Bertz CT molecular complexity index is 788. The van der Waals surface area contributed by atoms with Crippen molar-refractivity contribution in [2.45, 2.75) is 32.9 Å². The van der Waals surface area contributed by atoms with Gasteiger partial charge in [-0.25, -0.2) is 9.59 Å². The smallest absolute Gasteiger partial charge is 0.328 e. The Balaban J connectivity index is 2.13. The highest BCUT2D eigenvalue weighted by atomic mass is 16.4. The van der Waals surface area contributed by atoms with Crippen molar-refractivity contribution in [2.75, 3.05) is 0 Å². The zero-order valence-corrected chi connectivity index (χ0v) is 13.4. The summed E-state index contributed by atoms with van der Waals surface area (Å²) in [4.78, 5) is 35.3. The molecule has 1 aromatic heterocycles. The van der Waals surface area contributed by atoms with Crippen molar-refractivity contribution in [2.24, 2.45) is 13.0 Å². The van der Waals surface area contributed by atoms with Gasteiger partial charge in [0.2, 0.25) is 5.91 Å². The van der Waals surface area contributed by atoms with Crippen LogP contribution in [0, 0.1) is 5.92 Å². The number of imidazole rings is 1. The Morgan fingerprint density at radius 1 is 1.22 bits per heavy atom. The van der Waals surface area contributed by atoms with Gasteiger partial charge in [0.25, 0.3) is 0 Å². The maximum atomic E-state index is 12.2. The zero-order chi connectivity index (χ0) is 17.1. The molecule has 7 heteroatoms. The Morgan fingerprint density at radius 3 is 2.39 bits per heavy atom. The fourth-order valence-corrected chi connectivity index (χ4v) is 2.55. The number of aliphatic carboxylic acids is 1. The lowest BCUT2D eigenvalue weighted by molar-refractivity contribution is -0.143. The minimum absolute atomic E-state index is 0.0460. The summed E-state index contributed by atoms with van der Waals surface area (Å²) >= 11 is 0. The summed E-state index contributed by atoms with van der Waals surface area (Å²) in [7, 11) is 1.68. The maximum absolute atomic E-state index is 12.2. The average molecular weight is 319 g/mol. The number of aryl methyl sites for hydroxylation is 2. The Morgan fingerprint density at radius 2 is 1.83 bits per heavy atom. The number of carbonyl (C=O) groups is 2. The van der Waals surface area contributed by atoms with Crippen LogP contribution in [0.3, 0.4) is 0 Å². The number of para-hydroxylation sites is 2. The van der Waals surface area contributed by atoms with Gasteiger partial charge in [-0.2, -0.15) is 0 Å². The molecule has 0 bridgehead atoms. The number of amides is 1. The quantitative estimate of drug-likeness (QED) is 0.829. The molecule has 0 aliphatic rings. The molecule has 2 aromatic rings. The Kier molecular flexibility index (Phi) is 4.88. The first-order valence-corrected chi connectivity index (χ1v) is 7.49. The molecule has 0 aliphatic carbocycles. The van der Waals surface area contributed by atoms with E-state index < -0.39 is 12.0 Å². The van der Waals surface area contributed by atoms with Crippen LogP contribution in [0.5, 0.6) is 0 Å². The molecule has 23 heavy (non-hydrogen) atoms. The Labute approximate surface area is 133 Å². The van der Waals surface area contributed by atoms with Gasteiger partial charge in [0.1, 0.15) is 6.04 Å². The number of nitrogens with zero attached hydrogens (tertiary/aromatic N) is 2. The zero-order valence-electron chi connectivity index (χ0n) is 13.4. The molecule has 0 spiro atoms. The molecule has 0 saturated heterocycles. The summed E-state index contributed by atoms with van der Waals surface area (Å²) in [6, 6.07) is 6.41. The van der Waals surface area contributed by atoms with Crippen molar-refractivity contribution >= 4 is 22.9 Å². The lowest BCUT2D eigenvalue weighted by Gasteiger charge is -2.17. The molecule has 124 valence electrons. The molecule has 7 nitrogen and oxygen atoms in total. The molecule has 2 N–H and O–H groups in total. The number of carboxylic acids is 1. The van der Waals surface area contributed by atoms with Gasteiger partial charge in [-0.1, -0.05) is 26.0 Å². The molecule has 1 heterocycles. The normalized spacial score (nSPS) is 12.5. The van der Waals surface area contributed by atoms with E-state index >= 15 is 0 Å². The summed E-state index contributed by atoms with van der Waals surface area (Å²) in [6.45, 7) is 3.67. The third-order valence-electron chi connectivity index (χ3n) is 3.86. The van der Waals surface area contributed by atoms with E-state index in [0.29, 0.717) is 0 Å². The summed E-state index contributed by atoms with van der Waals surface area (Å²) < 4.78 is 3.06. The van der Waals surface area contributed by atoms with Crippen molar-refractivity contribution in [1.82, 2.24) is 14.5 Å². The number of carboxylic acid groups (broad SMARTS) is 1. The first kappa shape index (κ1) is 16.8. The Hall–Kier alpha value is -2.57. The van der Waals surface area contributed by atoms with Gasteiger partial charge in [-0.15, -0.1) is 0 Å². The van der Waals surface area contributed by atoms with Crippen molar-refractivity contribution in [3.63, 3.8) is 0 Å². The monoisotopic (exact) mass is 319 g/mol. The van der Waals surface area contributed by atoms with E-state index in [9.17, 15) is 14.4 Å². The minimum atomic E-state index is -1.06. The highest BCUT2D eigenvalue weighted by molar-refractivity contribution is 5.83. The van der Waals surface area contributed by atoms with Gasteiger partial charge >= 0.3 is 11.7 Å². The number of hydrogen-bond acceptors (Lipinski definition) is 3. The molecule has 0 unspecified atom stereocenters. The number of aromatic nitrogens is 2. The SMILES string of the molecule is CC(C)[C@@H](NC(=O)CCn1c(=O)n(C)c2ccccc21)C(=O)O. The van der Waals surface area contributed by atoms with E-state index in [4.69, 9.17) is 5.11 Å². The van der Waals surface area contributed by atoms with Gasteiger partial charge in [0, 0.05) is 20.0 Å². The van der Waals surface area contributed by atoms with Crippen LogP contribution >= 0.6 is 0 Å². The first-order valence-electron chi connectivity index (χ1n) is 7.49. The summed E-state index contributed by atoms with van der Waals surface area (Å²) in [6.07, 6.45) is 0.0460. The van der Waals surface area contributed by atoms with Crippen LogP contribution in [0.2, 0.25) is 0 Å². The van der Waals surface area contributed by atoms with E-state index in [1.165, 1.54) is 9.13 Å². The number of nitrogens with one attached hydrogen (secondary N) is 1. The molecule has 1 aromatic carbocycles. The van der Waals surface area contributed by atoms with Crippen LogP contribution in [0.1, 0.15) is 20.3 Å². The largest absolute Gasteiger partial charge is 0.480 e. The number of rotatable bonds is 6. The number of hydrogen-bond donors (Lipinski definition) is 2. The second-order valence-electron chi connectivity index (χ2n) is 5.86. The average Bonchev–Trinajstić information content (AvgIpc) is 2.74. The van der Waals surface area contributed by atoms with E-state index in [0.717, 1.165) is 11.0 Å². The van der Waals surface area contributed by atoms with E-state index in [1.807, 2.05) is 24.3 Å². The summed E-state index contributed by atoms with van der Waals surface area (Å²) in [5.74, 6) is -1.65. The predicted octanol–water partition coefficient (Wildman–Crippen LogP) is 0.955. The molecule has 0 aliphatic heterocycles. The van der Waals surface area contributed by atoms with Crippen LogP contribution in [0.4, 0.5) is 0 Å². The standard InChI is InChI=1S/C16H21N3O4/c1-10(2)14(15(21)22)17-13(20)8-9-19-12-7-5-4-6-11(12)18(3)16(19)23/h4-7,10,14H,8-9H2,1-3H3,(H,17,20)(H,21,22)/t14-/m1/s1. The van der Waals surface area contributed by atoms with Crippen molar-refractivity contribution in [1.29, 1.82) is 0 Å². The first-order chi connectivity index (χ1) is 10.8. The number of benzene rings is 1. The fourth-order valence-electron chi connectivity index (χ4n) is 2.55. The maximum Gasteiger partial charge on any atom is 0.328 e. The highest BCUT2D eigenvalue weighted by Crippen LogP contribution is 2.12. The van der Waals surface area contributed by atoms with Gasteiger partial charge in [0.15, 0.2) is 0 Å². The molecule has 0 radical (unpaired) electrons. The second-order valence-corrected chi connectivity index (χ2v) is 5.86. The molecule has 1 atom stereocenters. The molecular weight excluding hydrogens is 298 g/mol. The van der Waals surface area contributed by atoms with Crippen LogP contribution in [0.15, 0.2) is 29.1 Å². The fraction of sp³-hybridized carbons (Fsp3) is 0.438. The number of carbonyl (C=O) groups excluding carboxylic acids is 1. The van der Waals surface area contributed by atoms with E-state index in [-0.39, 0.29) is 30.5 Å². The third-order valence-corrected chi connectivity index (χ3v) is 3.86. The van der Waals surface area contributed by atoms with Crippen LogP contribution in [0.25, 0.3) is 11.0 Å². The third kappa shape index (κ3) is 3.44. The van der Waals surface area contributed by atoms with Crippen molar-refractivity contribution in [3.8, 4) is 0 Å². The lowest BCUT2D eigenvalue weighted by atomic mass is 10.0. The van der Waals surface area contributed by atoms with Crippen molar-refractivity contribution in [3.05, 3.63) is 34.7 Å². The van der Waals surface area contributed by atoms with Crippen LogP contribution < -0.4 is 11.0 Å². The lowest BCUT2D eigenvalue weighted by Crippen LogP contribution is -2.44. The highest BCUT2D eigenvalue weighted by Gasteiger charge is 2.23. The summed E-state index contributed by atoms with van der Waals surface area (Å²) in [5.41, 5.74) is 1.35. The summed E-state index contributed by atoms with van der Waals surface area (Å²) in [5, 5.41) is 11.6. The van der Waals surface area contributed by atoms with Gasteiger partial charge in [0.05, 0.1) is 11.0 Å². The second kappa shape index (κ2) is 6.68. The topological polar surface area (TPSA) is 93.3 Å².